The number of amidine groups is 1. The third kappa shape index (κ3) is 4.47. The fraction of sp³-hybridized carbons (Fsp3) is 0.158. The first-order valence-electron chi connectivity index (χ1n) is 7.95. The Morgan fingerprint density at radius 2 is 2.00 bits per heavy atom. The topological polar surface area (TPSA) is 59.9 Å². The summed E-state index contributed by atoms with van der Waals surface area (Å²) >= 11 is 4.76. The summed E-state index contributed by atoms with van der Waals surface area (Å²) in [6.07, 6.45) is 1.82. The highest BCUT2D eigenvalue weighted by molar-refractivity contribution is 9.10. The van der Waals surface area contributed by atoms with E-state index in [1.807, 2.05) is 55.5 Å². The van der Waals surface area contributed by atoms with Gasteiger partial charge in [0.05, 0.1) is 28.8 Å². The van der Waals surface area contributed by atoms with Crippen molar-refractivity contribution >= 4 is 50.5 Å². The van der Waals surface area contributed by atoms with Gasteiger partial charge in [-0.05, 0) is 82.7 Å². The van der Waals surface area contributed by atoms with Crippen molar-refractivity contribution < 1.29 is 14.3 Å². The monoisotopic (exact) mass is 432 g/mol. The lowest BCUT2D eigenvalue weighted by Gasteiger charge is -2.03. The minimum Gasteiger partial charge on any atom is -0.496 e. The summed E-state index contributed by atoms with van der Waals surface area (Å²) in [4.78, 5) is 17.2. The van der Waals surface area contributed by atoms with Crippen molar-refractivity contribution in [3.8, 4) is 11.5 Å². The highest BCUT2D eigenvalue weighted by Gasteiger charge is 2.23. The largest absolute Gasteiger partial charge is 0.496 e. The highest BCUT2D eigenvalue weighted by Crippen LogP contribution is 2.31. The van der Waals surface area contributed by atoms with Gasteiger partial charge in [0, 0.05) is 0 Å². The van der Waals surface area contributed by atoms with Crippen LogP contribution in [0.1, 0.15) is 12.5 Å². The minimum absolute atomic E-state index is 0.161. The van der Waals surface area contributed by atoms with E-state index in [4.69, 9.17) is 9.47 Å². The van der Waals surface area contributed by atoms with E-state index in [0.29, 0.717) is 16.7 Å². The van der Waals surface area contributed by atoms with Gasteiger partial charge < -0.3 is 14.8 Å². The van der Waals surface area contributed by atoms with Gasteiger partial charge in [-0.3, -0.25) is 4.79 Å². The highest BCUT2D eigenvalue weighted by atomic mass is 79.9. The van der Waals surface area contributed by atoms with Crippen molar-refractivity contribution in [1.82, 2.24) is 5.32 Å². The Morgan fingerprint density at radius 1 is 1.23 bits per heavy atom. The lowest BCUT2D eigenvalue weighted by Crippen LogP contribution is -2.19. The fourth-order valence-electron chi connectivity index (χ4n) is 2.31. The number of thioether (sulfide) groups is 1. The first-order chi connectivity index (χ1) is 12.6. The summed E-state index contributed by atoms with van der Waals surface area (Å²) in [5, 5.41) is 3.34. The van der Waals surface area contributed by atoms with Crippen LogP contribution in [0.5, 0.6) is 11.5 Å². The average molecular weight is 433 g/mol. The summed E-state index contributed by atoms with van der Waals surface area (Å²) in [6.45, 7) is 2.56. The van der Waals surface area contributed by atoms with Crippen LogP contribution in [0.15, 0.2) is 56.8 Å². The lowest BCUT2D eigenvalue weighted by molar-refractivity contribution is -0.115. The number of hydrogen-bond acceptors (Lipinski definition) is 5. The second kappa shape index (κ2) is 8.42. The quantitative estimate of drug-likeness (QED) is 0.692. The summed E-state index contributed by atoms with van der Waals surface area (Å²) < 4.78 is 11.5. The second-order valence-electron chi connectivity index (χ2n) is 5.30. The number of ether oxygens (including phenoxy) is 2. The van der Waals surface area contributed by atoms with Gasteiger partial charge in [-0.25, -0.2) is 4.99 Å². The Hall–Kier alpha value is -2.25. The van der Waals surface area contributed by atoms with Crippen LogP contribution in [0.2, 0.25) is 0 Å². The number of rotatable bonds is 5. The maximum Gasteiger partial charge on any atom is 0.264 e. The van der Waals surface area contributed by atoms with Crippen molar-refractivity contribution in [3.05, 3.63) is 57.4 Å². The molecule has 1 saturated heterocycles. The Bertz CT molecular complexity index is 879. The Morgan fingerprint density at radius 3 is 2.65 bits per heavy atom. The predicted octanol–water partition coefficient (Wildman–Crippen LogP) is 4.75. The van der Waals surface area contributed by atoms with Crippen LogP contribution in [0.25, 0.3) is 6.08 Å². The van der Waals surface area contributed by atoms with Crippen molar-refractivity contribution in [2.45, 2.75) is 6.92 Å². The van der Waals surface area contributed by atoms with Gasteiger partial charge >= 0.3 is 0 Å². The van der Waals surface area contributed by atoms with Crippen molar-refractivity contribution in [3.63, 3.8) is 0 Å². The average Bonchev–Trinajstić information content (AvgIpc) is 2.96. The second-order valence-corrected chi connectivity index (χ2v) is 7.19. The molecule has 0 saturated carbocycles. The first-order valence-corrected chi connectivity index (χ1v) is 9.56. The molecule has 134 valence electrons. The molecule has 0 aromatic heterocycles. The number of halogens is 1. The molecule has 0 radical (unpaired) electrons. The van der Waals surface area contributed by atoms with E-state index < -0.39 is 0 Å². The molecule has 2 aromatic carbocycles. The smallest absolute Gasteiger partial charge is 0.264 e. The number of nitrogens with zero attached hydrogens (tertiary/aromatic N) is 1. The molecule has 1 fully saturated rings. The molecule has 0 aliphatic carbocycles. The molecule has 0 atom stereocenters. The van der Waals surface area contributed by atoms with Crippen LogP contribution >= 0.6 is 27.7 Å². The van der Waals surface area contributed by atoms with Crippen molar-refractivity contribution in [2.75, 3.05) is 13.7 Å². The van der Waals surface area contributed by atoms with Crippen LogP contribution in [-0.2, 0) is 4.79 Å². The molecule has 1 N–H and O–H groups in total. The van der Waals surface area contributed by atoms with Crippen LogP contribution < -0.4 is 14.8 Å². The standard InChI is InChI=1S/C19H17BrN2O3S/c1-3-25-14-7-5-13(6-8-14)21-19-22-18(23)17(26-19)11-12-4-9-16(24-2)15(20)10-12/h4-11H,3H2,1-2H3,(H,21,22,23). The molecule has 3 rings (SSSR count). The molecule has 1 amide bonds. The normalized spacial score (nSPS) is 16.8. The number of methoxy groups -OCH3 is 1. The molecule has 1 aliphatic rings. The summed E-state index contributed by atoms with van der Waals surface area (Å²) in [7, 11) is 1.61. The third-order valence-corrected chi connectivity index (χ3v) is 5.03. The molecule has 0 unspecified atom stereocenters. The molecule has 26 heavy (non-hydrogen) atoms. The molecule has 1 heterocycles. The summed E-state index contributed by atoms with van der Waals surface area (Å²) in [6, 6.07) is 13.1. The van der Waals surface area contributed by atoms with Crippen molar-refractivity contribution in [1.29, 1.82) is 0 Å². The summed E-state index contributed by atoms with van der Waals surface area (Å²) in [5.74, 6) is 1.38. The van der Waals surface area contributed by atoms with E-state index in [1.165, 1.54) is 11.8 Å². The Labute approximate surface area is 164 Å². The first kappa shape index (κ1) is 18.5. The zero-order chi connectivity index (χ0) is 18.5. The van der Waals surface area contributed by atoms with E-state index in [-0.39, 0.29) is 5.91 Å². The molecular formula is C19H17BrN2O3S. The van der Waals surface area contributed by atoms with E-state index in [0.717, 1.165) is 27.2 Å². The molecule has 5 nitrogen and oxygen atoms in total. The Kier molecular flexibility index (Phi) is 6.00. The fourth-order valence-corrected chi connectivity index (χ4v) is 3.71. The van der Waals surface area contributed by atoms with E-state index in [9.17, 15) is 4.79 Å². The third-order valence-electron chi connectivity index (χ3n) is 3.50. The van der Waals surface area contributed by atoms with Gasteiger partial charge in [-0.15, -0.1) is 0 Å². The SMILES string of the molecule is CCOc1ccc(N=C2NC(=O)C(=Cc3ccc(OC)c(Br)c3)S2)cc1. The molecule has 2 aromatic rings. The predicted molar refractivity (Wildman–Crippen MR) is 109 cm³/mol. The zero-order valence-corrected chi connectivity index (χ0v) is 16.7. The number of carbonyl (C=O) groups is 1. The molecule has 1 aliphatic heterocycles. The van der Waals surface area contributed by atoms with E-state index in [2.05, 4.69) is 26.2 Å². The maximum atomic E-state index is 12.2. The number of amides is 1. The number of nitrogens with one attached hydrogen (secondary N) is 1. The number of hydrogen-bond donors (Lipinski definition) is 1. The van der Waals surface area contributed by atoms with Gasteiger partial charge in [0.15, 0.2) is 5.17 Å². The van der Waals surface area contributed by atoms with Gasteiger partial charge in [0.25, 0.3) is 5.91 Å². The van der Waals surface area contributed by atoms with Crippen LogP contribution in [-0.4, -0.2) is 24.8 Å². The van der Waals surface area contributed by atoms with Crippen LogP contribution in [0.3, 0.4) is 0 Å². The molecule has 7 heteroatoms. The van der Waals surface area contributed by atoms with Crippen LogP contribution in [0, 0.1) is 0 Å². The van der Waals surface area contributed by atoms with Crippen molar-refractivity contribution in [2.24, 2.45) is 4.99 Å². The molecular weight excluding hydrogens is 416 g/mol. The van der Waals surface area contributed by atoms with E-state index >= 15 is 0 Å². The zero-order valence-electron chi connectivity index (χ0n) is 14.3. The van der Waals surface area contributed by atoms with Gasteiger partial charge in [0.1, 0.15) is 11.5 Å². The Balaban J connectivity index is 1.76. The number of benzene rings is 2. The lowest BCUT2D eigenvalue weighted by atomic mass is 10.2. The minimum atomic E-state index is -0.161. The van der Waals surface area contributed by atoms with Gasteiger partial charge in [-0.1, -0.05) is 6.07 Å². The number of carbonyl (C=O) groups excluding carboxylic acids is 1. The summed E-state index contributed by atoms with van der Waals surface area (Å²) in [5.41, 5.74) is 1.65. The molecule has 0 bridgehead atoms. The molecule has 0 spiro atoms. The van der Waals surface area contributed by atoms with Gasteiger partial charge in [0.2, 0.25) is 0 Å². The van der Waals surface area contributed by atoms with Gasteiger partial charge in [-0.2, -0.15) is 0 Å². The van der Waals surface area contributed by atoms with E-state index in [1.54, 1.807) is 7.11 Å². The van der Waals surface area contributed by atoms with Crippen LogP contribution in [0.4, 0.5) is 5.69 Å². The number of aliphatic imine (C=N–C) groups is 1. The maximum absolute atomic E-state index is 12.2.